The lowest BCUT2D eigenvalue weighted by molar-refractivity contribution is 0.0919. The zero-order chi connectivity index (χ0) is 16.9. The van der Waals surface area contributed by atoms with Gasteiger partial charge >= 0.3 is 0 Å². The molecule has 1 aromatic rings. The fourth-order valence-electron chi connectivity index (χ4n) is 2.62. The van der Waals surface area contributed by atoms with Crippen LogP contribution in [0.1, 0.15) is 56.0 Å². The maximum Gasteiger partial charge on any atom is 0.251 e. The van der Waals surface area contributed by atoms with Gasteiger partial charge in [-0.2, -0.15) is 0 Å². The molecule has 1 heterocycles. The monoisotopic (exact) mass is 444 g/mol. The molecule has 3 N–H and O–H groups in total. The second kappa shape index (κ2) is 9.25. The first kappa shape index (κ1) is 20.7. The molecule has 0 atom stereocenters. The number of rotatable bonds is 3. The van der Waals surface area contributed by atoms with E-state index in [-0.39, 0.29) is 35.4 Å². The number of nitrogens with zero attached hydrogens (tertiary/aromatic N) is 2. The number of hydrogen-bond donors (Lipinski definition) is 2. The number of halogens is 1. The molecule has 0 aliphatic carbocycles. The number of benzene rings is 1. The maximum atomic E-state index is 12.2. The zero-order valence-corrected chi connectivity index (χ0v) is 17.2. The van der Waals surface area contributed by atoms with Gasteiger partial charge in [-0.05, 0) is 57.7 Å². The zero-order valence-electron chi connectivity index (χ0n) is 14.8. The van der Waals surface area contributed by atoms with Crippen LogP contribution in [0.3, 0.4) is 0 Å². The van der Waals surface area contributed by atoms with Crippen LogP contribution in [0.2, 0.25) is 0 Å². The molecule has 1 aliphatic rings. The second-order valence-electron chi connectivity index (χ2n) is 7.13. The van der Waals surface area contributed by atoms with Crippen molar-refractivity contribution in [1.29, 1.82) is 0 Å². The number of guanidine groups is 1. The number of likely N-dealkylation sites (tertiary alicyclic amines) is 1. The summed E-state index contributed by atoms with van der Waals surface area (Å²) in [6, 6.07) is 7.57. The van der Waals surface area contributed by atoms with E-state index < -0.39 is 0 Å². The maximum absolute atomic E-state index is 12.2. The number of carbonyl (C=O) groups is 1. The van der Waals surface area contributed by atoms with Crippen LogP contribution in [0, 0.1) is 0 Å². The van der Waals surface area contributed by atoms with Crippen molar-refractivity contribution in [3.63, 3.8) is 0 Å². The summed E-state index contributed by atoms with van der Waals surface area (Å²) in [7, 11) is 0. The van der Waals surface area contributed by atoms with Gasteiger partial charge in [0.2, 0.25) is 0 Å². The Balaban J connectivity index is 0.00000288. The molecule has 0 bridgehead atoms. The number of nitrogens with one attached hydrogen (secondary N) is 1. The second-order valence-corrected chi connectivity index (χ2v) is 7.13. The number of nitrogens with two attached hydrogens (primary N) is 1. The van der Waals surface area contributed by atoms with Crippen LogP contribution >= 0.6 is 24.0 Å². The van der Waals surface area contributed by atoms with Crippen LogP contribution in [-0.2, 0) is 6.54 Å². The third-order valence-corrected chi connectivity index (χ3v) is 3.78. The predicted molar refractivity (Wildman–Crippen MR) is 110 cm³/mol. The Kier molecular flexibility index (Phi) is 7.99. The number of aliphatic imine (C=N–C) groups is 1. The van der Waals surface area contributed by atoms with Crippen molar-refractivity contribution in [2.75, 3.05) is 13.1 Å². The molecule has 1 aromatic carbocycles. The smallest absolute Gasteiger partial charge is 0.251 e. The standard InChI is InChI=1S/C18H28N4O.HI/c1-18(2,3)21-16(23)15-9-7-8-14(12-15)13-20-17(19)22-10-5-4-6-11-22;/h7-9,12H,4-6,10-11,13H2,1-3H3,(H2,19,20)(H,21,23);1H. The molecule has 24 heavy (non-hydrogen) atoms. The Hall–Kier alpha value is -1.31. The highest BCUT2D eigenvalue weighted by molar-refractivity contribution is 14.0. The van der Waals surface area contributed by atoms with Gasteiger partial charge in [-0.1, -0.05) is 12.1 Å². The molecule has 6 heteroatoms. The summed E-state index contributed by atoms with van der Waals surface area (Å²) >= 11 is 0. The van der Waals surface area contributed by atoms with E-state index in [1.54, 1.807) is 0 Å². The summed E-state index contributed by atoms with van der Waals surface area (Å²) in [5, 5.41) is 2.97. The van der Waals surface area contributed by atoms with E-state index in [0.29, 0.717) is 18.1 Å². The van der Waals surface area contributed by atoms with Crippen LogP contribution in [0.4, 0.5) is 0 Å². The fourth-order valence-corrected chi connectivity index (χ4v) is 2.62. The summed E-state index contributed by atoms with van der Waals surface area (Å²) in [5.74, 6) is 0.543. The van der Waals surface area contributed by atoms with E-state index in [9.17, 15) is 4.79 Å². The molecule has 1 saturated heterocycles. The average molecular weight is 444 g/mol. The van der Waals surface area contributed by atoms with E-state index in [0.717, 1.165) is 18.7 Å². The van der Waals surface area contributed by atoms with E-state index in [4.69, 9.17) is 5.73 Å². The van der Waals surface area contributed by atoms with Gasteiger partial charge in [-0.15, -0.1) is 24.0 Å². The average Bonchev–Trinajstić information content (AvgIpc) is 2.52. The topological polar surface area (TPSA) is 70.7 Å². The minimum Gasteiger partial charge on any atom is -0.370 e. The highest BCUT2D eigenvalue weighted by Gasteiger charge is 2.15. The Morgan fingerprint density at radius 1 is 1.25 bits per heavy atom. The Morgan fingerprint density at radius 3 is 2.54 bits per heavy atom. The number of hydrogen-bond acceptors (Lipinski definition) is 2. The minimum atomic E-state index is -0.246. The van der Waals surface area contributed by atoms with Crippen molar-refractivity contribution in [3.05, 3.63) is 35.4 Å². The lowest BCUT2D eigenvalue weighted by Crippen LogP contribution is -2.41. The van der Waals surface area contributed by atoms with Crippen LogP contribution < -0.4 is 11.1 Å². The third kappa shape index (κ3) is 6.67. The van der Waals surface area contributed by atoms with Gasteiger partial charge < -0.3 is 16.0 Å². The van der Waals surface area contributed by atoms with Crippen molar-refractivity contribution in [1.82, 2.24) is 10.2 Å². The number of amides is 1. The molecule has 0 aromatic heterocycles. The normalized spacial score (nSPS) is 15.6. The molecule has 0 spiro atoms. The summed E-state index contributed by atoms with van der Waals surface area (Å²) in [6.07, 6.45) is 3.63. The van der Waals surface area contributed by atoms with E-state index >= 15 is 0 Å². The first-order chi connectivity index (χ1) is 10.8. The van der Waals surface area contributed by atoms with Gasteiger partial charge in [0.05, 0.1) is 6.54 Å². The van der Waals surface area contributed by atoms with Crippen LogP contribution in [-0.4, -0.2) is 35.4 Å². The SMILES string of the molecule is CC(C)(C)NC(=O)c1cccc(CN=C(N)N2CCCCC2)c1.I. The minimum absolute atomic E-state index is 0. The molecule has 1 amide bonds. The number of carbonyl (C=O) groups excluding carboxylic acids is 1. The fraction of sp³-hybridized carbons (Fsp3) is 0.556. The van der Waals surface area contributed by atoms with Crippen molar-refractivity contribution in [2.45, 2.75) is 52.1 Å². The molecular weight excluding hydrogens is 415 g/mol. The first-order valence-electron chi connectivity index (χ1n) is 8.31. The quantitative estimate of drug-likeness (QED) is 0.428. The van der Waals surface area contributed by atoms with E-state index in [1.807, 2.05) is 45.0 Å². The van der Waals surface area contributed by atoms with Gasteiger partial charge in [0, 0.05) is 24.2 Å². The molecule has 1 fully saturated rings. The molecule has 134 valence electrons. The summed E-state index contributed by atoms with van der Waals surface area (Å²) in [6.45, 7) is 8.39. The predicted octanol–water partition coefficient (Wildman–Crippen LogP) is 3.13. The van der Waals surface area contributed by atoms with Crippen molar-refractivity contribution in [3.8, 4) is 0 Å². The van der Waals surface area contributed by atoms with Gasteiger partial charge in [-0.3, -0.25) is 4.79 Å². The van der Waals surface area contributed by atoms with Gasteiger partial charge in [-0.25, -0.2) is 4.99 Å². The van der Waals surface area contributed by atoms with Crippen molar-refractivity contribution >= 4 is 35.8 Å². The molecule has 5 nitrogen and oxygen atoms in total. The van der Waals surface area contributed by atoms with Gasteiger partial charge in [0.15, 0.2) is 5.96 Å². The summed E-state index contributed by atoms with van der Waals surface area (Å²) < 4.78 is 0. The Bertz CT molecular complexity index is 575. The van der Waals surface area contributed by atoms with E-state index in [2.05, 4.69) is 15.2 Å². The molecular formula is C18H29IN4O. The highest BCUT2D eigenvalue weighted by atomic mass is 127. The highest BCUT2D eigenvalue weighted by Crippen LogP contribution is 2.11. The van der Waals surface area contributed by atoms with Gasteiger partial charge in [0.1, 0.15) is 0 Å². The third-order valence-electron chi connectivity index (χ3n) is 3.78. The lowest BCUT2D eigenvalue weighted by Gasteiger charge is -2.27. The number of piperidine rings is 1. The van der Waals surface area contributed by atoms with Crippen LogP contribution in [0.25, 0.3) is 0 Å². The van der Waals surface area contributed by atoms with Gasteiger partial charge in [0.25, 0.3) is 5.91 Å². The molecule has 0 saturated carbocycles. The first-order valence-corrected chi connectivity index (χ1v) is 8.31. The van der Waals surface area contributed by atoms with Crippen LogP contribution in [0.15, 0.2) is 29.3 Å². The molecule has 0 unspecified atom stereocenters. The van der Waals surface area contributed by atoms with Crippen molar-refractivity contribution in [2.24, 2.45) is 10.7 Å². The Labute approximate surface area is 162 Å². The molecule has 0 radical (unpaired) electrons. The largest absolute Gasteiger partial charge is 0.370 e. The lowest BCUT2D eigenvalue weighted by atomic mass is 10.1. The van der Waals surface area contributed by atoms with Crippen LogP contribution in [0.5, 0.6) is 0 Å². The molecule has 1 aliphatic heterocycles. The summed E-state index contributed by atoms with van der Waals surface area (Å²) in [4.78, 5) is 18.8. The van der Waals surface area contributed by atoms with E-state index in [1.165, 1.54) is 19.3 Å². The molecule has 2 rings (SSSR count). The Morgan fingerprint density at radius 2 is 1.92 bits per heavy atom. The summed E-state index contributed by atoms with van der Waals surface area (Å²) in [5.41, 5.74) is 7.48. The van der Waals surface area contributed by atoms with Crippen molar-refractivity contribution < 1.29 is 4.79 Å².